The van der Waals surface area contributed by atoms with Gasteiger partial charge in [-0.15, -0.1) is 0 Å². The van der Waals surface area contributed by atoms with Gasteiger partial charge in [0.1, 0.15) is 23.1 Å². The van der Waals surface area contributed by atoms with Gasteiger partial charge in [0, 0.05) is 32.5 Å². The molecule has 28 heavy (non-hydrogen) atoms. The Bertz CT molecular complexity index is 1820. The number of aromatic nitrogens is 2. The van der Waals surface area contributed by atoms with Crippen LogP contribution in [0.5, 0.6) is 0 Å². The predicted molar refractivity (Wildman–Crippen MR) is 111 cm³/mol. The number of furan rings is 2. The van der Waals surface area contributed by atoms with Gasteiger partial charge in [-0.25, -0.2) is 9.97 Å². The first-order chi connectivity index (χ1) is 13.9. The fourth-order valence-electron chi connectivity index (χ4n) is 4.99. The first-order valence-electron chi connectivity index (χ1n) is 9.26. The maximum Gasteiger partial charge on any atom is 0.231 e. The molecule has 8 rings (SSSR count). The second-order valence-electron chi connectivity index (χ2n) is 7.43. The zero-order valence-corrected chi connectivity index (χ0v) is 14.5. The first kappa shape index (κ1) is 13.3. The van der Waals surface area contributed by atoms with E-state index in [4.69, 9.17) is 13.8 Å². The molecule has 128 valence electrons. The summed E-state index contributed by atoms with van der Waals surface area (Å²) in [6.45, 7) is 0. The molecule has 0 radical (unpaired) electrons. The first-order valence-corrected chi connectivity index (χ1v) is 9.26. The number of fused-ring (bicyclic) bond motifs is 3. The van der Waals surface area contributed by atoms with Gasteiger partial charge in [-0.2, -0.15) is 0 Å². The molecule has 7 aromatic rings. The van der Waals surface area contributed by atoms with Crippen LogP contribution in [0, 0.1) is 0 Å². The van der Waals surface area contributed by atoms with E-state index in [-0.39, 0.29) is 0 Å². The lowest BCUT2D eigenvalue weighted by Gasteiger charge is -2.06. The van der Waals surface area contributed by atoms with E-state index in [0.29, 0.717) is 5.71 Å². The topological polar surface area (TPSA) is 52.1 Å². The predicted octanol–water partition coefficient (Wildman–Crippen LogP) is 6.56. The number of benzene rings is 4. The highest BCUT2D eigenvalue weighted by molar-refractivity contribution is 6.37. The molecule has 1 aliphatic rings. The van der Waals surface area contributed by atoms with Crippen molar-refractivity contribution in [2.45, 2.75) is 0 Å². The minimum atomic E-state index is 0.632. The third-order valence-corrected chi connectivity index (χ3v) is 6.10. The second kappa shape index (κ2) is 4.15. The van der Waals surface area contributed by atoms with Gasteiger partial charge in [0.25, 0.3) is 0 Å². The van der Waals surface area contributed by atoms with Crippen LogP contribution in [0.2, 0.25) is 0 Å². The highest BCUT2D eigenvalue weighted by Gasteiger charge is 2.27. The maximum absolute atomic E-state index is 6.43. The smallest absolute Gasteiger partial charge is 0.231 e. The van der Waals surface area contributed by atoms with Crippen LogP contribution in [-0.4, -0.2) is 9.97 Å². The molecule has 3 heterocycles. The van der Waals surface area contributed by atoms with Crippen LogP contribution in [0.1, 0.15) is 0 Å². The Hall–Kier alpha value is -3.92. The molecule has 0 unspecified atom stereocenters. The van der Waals surface area contributed by atoms with Crippen molar-refractivity contribution in [1.29, 1.82) is 0 Å². The lowest BCUT2D eigenvalue weighted by molar-refractivity contribution is 0.653. The fraction of sp³-hybridized carbons (Fsp3) is 0. The molecule has 0 amide bonds. The lowest BCUT2D eigenvalue weighted by Crippen LogP contribution is -1.87. The largest absolute Gasteiger partial charge is 0.455 e. The van der Waals surface area contributed by atoms with E-state index < -0.39 is 0 Å². The summed E-state index contributed by atoms with van der Waals surface area (Å²) in [4.78, 5) is 9.13. The average molecular weight is 358 g/mol. The van der Waals surface area contributed by atoms with Gasteiger partial charge in [-0.1, -0.05) is 36.4 Å². The van der Waals surface area contributed by atoms with Crippen molar-refractivity contribution < 1.29 is 8.83 Å². The van der Waals surface area contributed by atoms with Crippen molar-refractivity contribution in [3.05, 3.63) is 60.9 Å². The van der Waals surface area contributed by atoms with Gasteiger partial charge < -0.3 is 8.83 Å². The van der Waals surface area contributed by atoms with Gasteiger partial charge in [-0.3, -0.25) is 0 Å². The molecule has 0 atom stereocenters. The minimum absolute atomic E-state index is 0.632. The summed E-state index contributed by atoms with van der Waals surface area (Å²) in [7, 11) is 0. The van der Waals surface area contributed by atoms with Crippen LogP contribution in [0.15, 0.2) is 69.8 Å². The van der Waals surface area contributed by atoms with Crippen LogP contribution in [0.3, 0.4) is 0 Å². The van der Waals surface area contributed by atoms with E-state index in [1.54, 1.807) is 6.33 Å². The quantitative estimate of drug-likeness (QED) is 0.308. The summed E-state index contributed by atoms with van der Waals surface area (Å²) in [6.07, 6.45) is 1.59. The second-order valence-corrected chi connectivity index (χ2v) is 7.43. The summed E-state index contributed by atoms with van der Waals surface area (Å²) in [5, 5.41) is 8.92. The molecular weight excluding hydrogens is 348 g/mol. The number of hydrogen-bond donors (Lipinski definition) is 0. The van der Waals surface area contributed by atoms with Crippen LogP contribution in [0.25, 0.3) is 76.8 Å². The van der Waals surface area contributed by atoms with Gasteiger partial charge in [0.15, 0.2) is 0 Å². The van der Waals surface area contributed by atoms with Crippen LogP contribution >= 0.6 is 0 Å². The third-order valence-electron chi connectivity index (χ3n) is 6.10. The van der Waals surface area contributed by atoms with E-state index >= 15 is 0 Å². The molecule has 0 bridgehead atoms. The van der Waals surface area contributed by atoms with Crippen LogP contribution < -0.4 is 0 Å². The van der Waals surface area contributed by atoms with Crippen molar-refractivity contribution in [2.24, 2.45) is 0 Å². The fourth-order valence-corrected chi connectivity index (χ4v) is 4.99. The summed E-state index contributed by atoms with van der Waals surface area (Å²) in [5.74, 6) is 0. The van der Waals surface area contributed by atoms with Crippen LogP contribution in [0.4, 0.5) is 0 Å². The highest BCUT2D eigenvalue weighted by atomic mass is 16.3. The Morgan fingerprint density at radius 1 is 0.643 bits per heavy atom. The highest BCUT2D eigenvalue weighted by Crippen LogP contribution is 2.50. The molecule has 3 aromatic heterocycles. The van der Waals surface area contributed by atoms with Crippen molar-refractivity contribution in [2.75, 3.05) is 0 Å². The summed E-state index contributed by atoms with van der Waals surface area (Å²) >= 11 is 0. The Morgan fingerprint density at radius 3 is 2.39 bits per heavy atom. The molecule has 0 saturated carbocycles. The molecule has 4 aromatic carbocycles. The molecule has 4 nitrogen and oxygen atoms in total. The summed E-state index contributed by atoms with van der Waals surface area (Å²) in [5.41, 5.74) is 5.26. The van der Waals surface area contributed by atoms with Gasteiger partial charge in [-0.05, 0) is 29.0 Å². The molecule has 0 spiro atoms. The van der Waals surface area contributed by atoms with Gasteiger partial charge in [0.05, 0.1) is 11.1 Å². The van der Waals surface area contributed by atoms with Crippen molar-refractivity contribution in [3.63, 3.8) is 0 Å². The number of hydrogen-bond acceptors (Lipinski definition) is 4. The summed E-state index contributed by atoms with van der Waals surface area (Å²) < 4.78 is 12.5. The number of rotatable bonds is 0. The minimum Gasteiger partial charge on any atom is -0.455 e. The molecule has 0 saturated heterocycles. The number of nitrogens with zero attached hydrogens (tertiary/aromatic N) is 2. The van der Waals surface area contributed by atoms with E-state index in [1.165, 1.54) is 5.39 Å². The standard InChI is InChI=1S/C24H10N2O2/c1-2-4-13-12(3-1)9-14-18-19-15(27-23(13)18)7-5-11-6-8-16-20(17(11)19)21-22(14)25-10-26-24(21)28-16/h1-10H. The summed E-state index contributed by atoms with van der Waals surface area (Å²) in [6, 6.07) is 18.9. The van der Waals surface area contributed by atoms with E-state index in [2.05, 4.69) is 53.5 Å². The molecule has 4 heteroatoms. The zero-order chi connectivity index (χ0) is 18.0. The molecule has 0 N–H and O–H groups in total. The Balaban J connectivity index is 1.89. The monoisotopic (exact) mass is 358 g/mol. The molecule has 0 aliphatic heterocycles. The van der Waals surface area contributed by atoms with E-state index in [0.717, 1.165) is 65.7 Å². The zero-order valence-electron chi connectivity index (χ0n) is 14.5. The Kier molecular flexibility index (Phi) is 1.97. The average Bonchev–Trinajstić information content (AvgIpc) is 3.28. The molecule has 1 aliphatic carbocycles. The lowest BCUT2D eigenvalue weighted by atomic mass is 9.97. The van der Waals surface area contributed by atoms with Crippen molar-refractivity contribution >= 4 is 65.6 Å². The molecular formula is C24H10N2O2. The maximum atomic E-state index is 6.43. The van der Waals surface area contributed by atoms with Crippen molar-refractivity contribution in [3.8, 4) is 11.3 Å². The van der Waals surface area contributed by atoms with Gasteiger partial charge in [0.2, 0.25) is 5.71 Å². The molecule has 0 fully saturated rings. The van der Waals surface area contributed by atoms with Crippen molar-refractivity contribution in [1.82, 2.24) is 9.97 Å². The van der Waals surface area contributed by atoms with Crippen LogP contribution in [-0.2, 0) is 0 Å². The third kappa shape index (κ3) is 1.29. The SMILES string of the molecule is c1ccc2c(c1)cc1c3c2oc2ccc4ccc5oc6ncnc-1c6c5c4c23. The normalized spacial score (nSPS) is 13.0. The van der Waals surface area contributed by atoms with Gasteiger partial charge >= 0.3 is 0 Å². The Labute approximate surface area is 157 Å². The van der Waals surface area contributed by atoms with E-state index in [9.17, 15) is 0 Å². The Morgan fingerprint density at radius 2 is 1.46 bits per heavy atom. The van der Waals surface area contributed by atoms with E-state index in [1.807, 2.05) is 6.07 Å².